The minimum Gasteiger partial charge on any atom is -0.300 e. The van der Waals surface area contributed by atoms with Crippen LogP contribution in [0.25, 0.3) is 0 Å². The van der Waals surface area contributed by atoms with Crippen molar-refractivity contribution in [3.8, 4) is 0 Å². The van der Waals surface area contributed by atoms with E-state index < -0.39 is 0 Å². The zero-order valence-corrected chi connectivity index (χ0v) is 13.2. The molecule has 1 heteroatoms. The number of allylic oxidation sites excluding steroid dienone is 3. The van der Waals surface area contributed by atoms with Crippen molar-refractivity contribution in [2.75, 3.05) is 0 Å². The maximum atomic E-state index is 9.97. The number of ketones is 1. The lowest BCUT2D eigenvalue weighted by Crippen LogP contribution is -1.81. The molecule has 0 heterocycles. The number of carbonyl (C=O) groups is 1. The van der Waals surface area contributed by atoms with E-state index in [2.05, 4.69) is 57.8 Å². The van der Waals surface area contributed by atoms with Crippen LogP contribution in [0.1, 0.15) is 37.8 Å². The second-order valence-corrected chi connectivity index (χ2v) is 4.37. The van der Waals surface area contributed by atoms with E-state index in [1.54, 1.807) is 13.0 Å². The van der Waals surface area contributed by atoms with Crippen LogP contribution in [0.15, 0.2) is 62.2 Å². The summed E-state index contributed by atoms with van der Waals surface area (Å²) in [6, 6.07) is 8.48. The Morgan fingerprint density at radius 3 is 2.05 bits per heavy atom. The summed E-state index contributed by atoms with van der Waals surface area (Å²) in [5.41, 5.74) is 2.66. The standard InChI is InChI=1S/C10H12.C5H8O.C4H8/c1-3-5-10-7-4-6-9(2)8-10;1-3-4-5(2)6;1-3-4-2/h3-4,6-8H,1,5H2,2H3;3H,1,4H2,2H3;3H,1,4H2,2H3. The molecule has 0 aliphatic heterocycles. The lowest BCUT2D eigenvalue weighted by Gasteiger charge is -1.96. The van der Waals surface area contributed by atoms with Crippen LogP contribution in [0, 0.1) is 6.92 Å². The second-order valence-electron chi connectivity index (χ2n) is 4.37. The number of aryl methyl sites for hydroxylation is 1. The molecular formula is C19H28O. The predicted molar refractivity (Wildman–Crippen MR) is 91.1 cm³/mol. The molecule has 0 unspecified atom stereocenters. The van der Waals surface area contributed by atoms with Crippen molar-refractivity contribution in [3.05, 3.63) is 73.4 Å². The van der Waals surface area contributed by atoms with Crippen molar-refractivity contribution in [2.24, 2.45) is 0 Å². The minimum absolute atomic E-state index is 0.171. The fraction of sp³-hybridized carbons (Fsp3) is 0.316. The summed E-state index contributed by atoms with van der Waals surface area (Å²) in [5.74, 6) is 0.171. The molecule has 0 spiro atoms. The normalized spacial score (nSPS) is 8.15. The van der Waals surface area contributed by atoms with Crippen molar-refractivity contribution >= 4 is 5.78 Å². The fourth-order valence-electron chi connectivity index (χ4n) is 1.21. The molecule has 0 saturated carbocycles. The second kappa shape index (κ2) is 15.2. The first-order valence-electron chi connectivity index (χ1n) is 6.89. The third-order valence-electron chi connectivity index (χ3n) is 2.18. The Bertz CT molecular complexity index is 402. The molecule has 0 aromatic heterocycles. The third-order valence-corrected chi connectivity index (χ3v) is 2.18. The van der Waals surface area contributed by atoms with Crippen LogP contribution in [-0.2, 0) is 11.2 Å². The average molecular weight is 272 g/mol. The molecule has 1 rings (SSSR count). The van der Waals surface area contributed by atoms with Gasteiger partial charge in [-0.1, -0.05) is 55.0 Å². The molecular weight excluding hydrogens is 244 g/mol. The topological polar surface area (TPSA) is 17.1 Å². The zero-order valence-electron chi connectivity index (χ0n) is 13.2. The average Bonchev–Trinajstić information content (AvgIpc) is 2.40. The lowest BCUT2D eigenvalue weighted by molar-refractivity contribution is -0.116. The van der Waals surface area contributed by atoms with Crippen LogP contribution in [0.3, 0.4) is 0 Å². The van der Waals surface area contributed by atoms with Crippen molar-refractivity contribution < 1.29 is 4.79 Å². The highest BCUT2D eigenvalue weighted by Gasteiger charge is 1.87. The van der Waals surface area contributed by atoms with Gasteiger partial charge in [-0.05, 0) is 32.3 Å². The quantitative estimate of drug-likeness (QED) is 0.651. The van der Waals surface area contributed by atoms with Gasteiger partial charge in [-0.2, -0.15) is 0 Å². The van der Waals surface area contributed by atoms with Crippen molar-refractivity contribution in [3.63, 3.8) is 0 Å². The molecule has 20 heavy (non-hydrogen) atoms. The van der Waals surface area contributed by atoms with Crippen LogP contribution in [-0.4, -0.2) is 5.78 Å². The highest BCUT2D eigenvalue weighted by Crippen LogP contribution is 2.04. The van der Waals surface area contributed by atoms with Crippen molar-refractivity contribution in [1.29, 1.82) is 0 Å². The summed E-state index contributed by atoms with van der Waals surface area (Å²) in [7, 11) is 0. The summed E-state index contributed by atoms with van der Waals surface area (Å²) >= 11 is 0. The van der Waals surface area contributed by atoms with Gasteiger partial charge in [0, 0.05) is 6.42 Å². The largest absolute Gasteiger partial charge is 0.300 e. The summed E-state index contributed by atoms with van der Waals surface area (Å²) in [5, 5.41) is 0. The zero-order chi connectivity index (χ0) is 15.8. The number of Topliss-reactive ketones (excluding diaryl/α,β-unsaturated/α-hetero) is 1. The molecule has 1 nitrogen and oxygen atoms in total. The summed E-state index contributed by atoms with van der Waals surface area (Å²) in [6.45, 7) is 16.3. The first-order chi connectivity index (χ1) is 9.51. The van der Waals surface area contributed by atoms with Gasteiger partial charge in [0.1, 0.15) is 5.78 Å². The Morgan fingerprint density at radius 2 is 1.75 bits per heavy atom. The fourth-order valence-corrected chi connectivity index (χ4v) is 1.21. The van der Waals surface area contributed by atoms with Crippen LogP contribution in [0.5, 0.6) is 0 Å². The van der Waals surface area contributed by atoms with Gasteiger partial charge in [0.25, 0.3) is 0 Å². The van der Waals surface area contributed by atoms with Gasteiger partial charge >= 0.3 is 0 Å². The van der Waals surface area contributed by atoms with Gasteiger partial charge in [-0.25, -0.2) is 0 Å². The van der Waals surface area contributed by atoms with Gasteiger partial charge in [0.05, 0.1) is 0 Å². The summed E-state index contributed by atoms with van der Waals surface area (Å²) in [4.78, 5) is 9.97. The molecule has 0 N–H and O–H groups in total. The monoisotopic (exact) mass is 272 g/mol. The van der Waals surface area contributed by atoms with E-state index in [1.165, 1.54) is 11.1 Å². The Balaban J connectivity index is 0. The van der Waals surface area contributed by atoms with E-state index in [1.807, 2.05) is 12.2 Å². The molecule has 0 aliphatic rings. The van der Waals surface area contributed by atoms with Gasteiger partial charge in [0.2, 0.25) is 0 Å². The van der Waals surface area contributed by atoms with Crippen molar-refractivity contribution in [2.45, 2.75) is 40.0 Å². The van der Waals surface area contributed by atoms with Crippen LogP contribution < -0.4 is 0 Å². The smallest absolute Gasteiger partial charge is 0.133 e. The van der Waals surface area contributed by atoms with E-state index in [0.717, 1.165) is 12.8 Å². The molecule has 0 fully saturated rings. The number of hydrogen-bond acceptors (Lipinski definition) is 1. The van der Waals surface area contributed by atoms with E-state index in [4.69, 9.17) is 0 Å². The van der Waals surface area contributed by atoms with Gasteiger partial charge in [-0.15, -0.1) is 19.7 Å². The van der Waals surface area contributed by atoms with E-state index in [-0.39, 0.29) is 5.78 Å². The molecule has 0 amide bonds. The lowest BCUT2D eigenvalue weighted by atomic mass is 10.1. The first kappa shape index (κ1) is 20.4. The molecule has 1 aromatic rings. The Hall–Kier alpha value is -1.89. The van der Waals surface area contributed by atoms with Gasteiger partial charge in [0.15, 0.2) is 0 Å². The molecule has 0 atom stereocenters. The molecule has 0 bridgehead atoms. The maximum absolute atomic E-state index is 9.97. The predicted octanol–water partition coefficient (Wildman–Crippen LogP) is 5.46. The molecule has 0 saturated heterocycles. The number of carbonyl (C=O) groups excluding carboxylic acids is 1. The minimum atomic E-state index is 0.171. The Kier molecular flexibility index (Phi) is 15.5. The first-order valence-corrected chi connectivity index (χ1v) is 6.89. The molecule has 0 aliphatic carbocycles. The Morgan fingerprint density at radius 1 is 1.15 bits per heavy atom. The Labute approximate surface area is 124 Å². The molecule has 110 valence electrons. The van der Waals surface area contributed by atoms with Crippen molar-refractivity contribution in [1.82, 2.24) is 0 Å². The van der Waals surface area contributed by atoms with Gasteiger partial charge < -0.3 is 0 Å². The highest BCUT2D eigenvalue weighted by atomic mass is 16.1. The molecule has 0 radical (unpaired) electrons. The van der Waals surface area contributed by atoms with Crippen LogP contribution in [0.4, 0.5) is 0 Å². The summed E-state index contributed by atoms with van der Waals surface area (Å²) in [6.07, 6.45) is 7.96. The number of rotatable bonds is 5. The van der Waals surface area contributed by atoms with Crippen LogP contribution in [0.2, 0.25) is 0 Å². The number of hydrogen-bond donors (Lipinski definition) is 0. The van der Waals surface area contributed by atoms with E-state index in [0.29, 0.717) is 6.42 Å². The van der Waals surface area contributed by atoms with Crippen LogP contribution >= 0.6 is 0 Å². The summed E-state index contributed by atoms with van der Waals surface area (Å²) < 4.78 is 0. The van der Waals surface area contributed by atoms with E-state index >= 15 is 0 Å². The van der Waals surface area contributed by atoms with E-state index in [9.17, 15) is 4.79 Å². The number of benzene rings is 1. The third kappa shape index (κ3) is 16.1. The molecule has 1 aromatic carbocycles. The SMILES string of the molecule is C=CCC.C=CCC(C)=O.C=CCc1cccc(C)c1. The maximum Gasteiger partial charge on any atom is 0.133 e. The highest BCUT2D eigenvalue weighted by molar-refractivity contribution is 5.76. The van der Waals surface area contributed by atoms with Gasteiger partial charge in [-0.3, -0.25) is 4.79 Å².